The average Bonchev–Trinajstić information content (AvgIpc) is 2.97. The third-order valence-electron chi connectivity index (χ3n) is 3.77. The Bertz CT molecular complexity index is 902. The summed E-state index contributed by atoms with van der Waals surface area (Å²) in [5, 5.41) is 0.861. The van der Waals surface area contributed by atoms with Gasteiger partial charge in [0.2, 0.25) is 0 Å². The normalized spacial score (nSPS) is 11.8. The highest BCUT2D eigenvalue weighted by atomic mass is 16.5. The van der Waals surface area contributed by atoms with Gasteiger partial charge in [0.05, 0.1) is 0 Å². The van der Waals surface area contributed by atoms with Crippen molar-refractivity contribution in [2.75, 3.05) is 0 Å². The van der Waals surface area contributed by atoms with Crippen LogP contribution in [0.1, 0.15) is 23.0 Å². The van der Waals surface area contributed by atoms with Crippen molar-refractivity contribution in [1.82, 2.24) is 10.9 Å². The molecule has 0 radical (unpaired) electrons. The molecular formula is C19H18N2O4. The van der Waals surface area contributed by atoms with Gasteiger partial charge in [-0.3, -0.25) is 20.4 Å². The summed E-state index contributed by atoms with van der Waals surface area (Å²) in [7, 11) is 0. The van der Waals surface area contributed by atoms with Crippen LogP contribution in [0.3, 0.4) is 0 Å². The maximum atomic E-state index is 12.3. The number of rotatable bonds is 4. The quantitative estimate of drug-likeness (QED) is 0.717. The Morgan fingerprint density at radius 3 is 2.40 bits per heavy atom. The van der Waals surface area contributed by atoms with Gasteiger partial charge in [0.25, 0.3) is 5.91 Å². The van der Waals surface area contributed by atoms with Gasteiger partial charge in [-0.2, -0.15) is 0 Å². The lowest BCUT2D eigenvalue weighted by atomic mass is 10.1. The molecule has 3 rings (SSSR count). The van der Waals surface area contributed by atoms with Crippen molar-refractivity contribution in [3.63, 3.8) is 0 Å². The van der Waals surface area contributed by atoms with Gasteiger partial charge in [0.1, 0.15) is 11.3 Å². The molecule has 0 aliphatic carbocycles. The number of amides is 2. The molecule has 2 aromatic carbocycles. The highest BCUT2D eigenvalue weighted by Gasteiger charge is 2.20. The van der Waals surface area contributed by atoms with Crippen molar-refractivity contribution in [2.24, 2.45) is 0 Å². The third-order valence-corrected chi connectivity index (χ3v) is 3.77. The SMILES string of the molecule is Cc1c(C(=O)NNC(=O)C(C)Oc2ccccc2)oc2ccccc12. The molecule has 0 fully saturated rings. The lowest BCUT2D eigenvalue weighted by Gasteiger charge is -2.14. The summed E-state index contributed by atoms with van der Waals surface area (Å²) in [4.78, 5) is 24.3. The van der Waals surface area contributed by atoms with Crippen molar-refractivity contribution in [2.45, 2.75) is 20.0 Å². The van der Waals surface area contributed by atoms with E-state index in [1.54, 1.807) is 32.0 Å². The first kappa shape index (κ1) is 16.6. The fourth-order valence-electron chi connectivity index (χ4n) is 2.42. The van der Waals surface area contributed by atoms with Gasteiger partial charge in [-0.25, -0.2) is 0 Å². The van der Waals surface area contributed by atoms with Crippen molar-refractivity contribution in [3.05, 3.63) is 65.9 Å². The number of ether oxygens (including phenoxy) is 1. The number of hydrogen-bond acceptors (Lipinski definition) is 4. The van der Waals surface area contributed by atoms with Crippen LogP contribution in [0, 0.1) is 6.92 Å². The Kier molecular flexibility index (Phi) is 4.70. The Labute approximate surface area is 144 Å². The molecule has 3 aromatic rings. The van der Waals surface area contributed by atoms with E-state index in [9.17, 15) is 9.59 Å². The predicted molar refractivity (Wildman–Crippen MR) is 93.1 cm³/mol. The second-order valence-corrected chi connectivity index (χ2v) is 5.57. The summed E-state index contributed by atoms with van der Waals surface area (Å²) >= 11 is 0. The van der Waals surface area contributed by atoms with Crippen molar-refractivity contribution < 1.29 is 18.7 Å². The summed E-state index contributed by atoms with van der Waals surface area (Å²) < 4.78 is 11.1. The number of nitrogens with one attached hydrogen (secondary N) is 2. The van der Waals surface area contributed by atoms with E-state index >= 15 is 0 Å². The van der Waals surface area contributed by atoms with Gasteiger partial charge in [-0.1, -0.05) is 36.4 Å². The van der Waals surface area contributed by atoms with Gasteiger partial charge in [-0.05, 0) is 32.0 Å². The van der Waals surface area contributed by atoms with E-state index < -0.39 is 17.9 Å². The zero-order valence-corrected chi connectivity index (χ0v) is 13.9. The molecule has 6 nitrogen and oxygen atoms in total. The standard InChI is InChI=1S/C19H18N2O4/c1-12-15-10-6-7-11-16(15)25-17(12)19(23)21-20-18(22)13(2)24-14-8-4-3-5-9-14/h3-11,13H,1-2H3,(H,20,22)(H,21,23). The van der Waals surface area contributed by atoms with Crippen molar-refractivity contribution in [3.8, 4) is 5.75 Å². The lowest BCUT2D eigenvalue weighted by Crippen LogP contribution is -2.47. The van der Waals surface area contributed by atoms with Gasteiger partial charge in [0, 0.05) is 10.9 Å². The number of para-hydroxylation sites is 2. The Morgan fingerprint density at radius 2 is 1.68 bits per heavy atom. The van der Waals surface area contributed by atoms with Gasteiger partial charge in [0.15, 0.2) is 11.9 Å². The summed E-state index contributed by atoms with van der Waals surface area (Å²) in [6.07, 6.45) is -0.764. The molecule has 2 amide bonds. The van der Waals surface area contributed by atoms with Gasteiger partial charge in [-0.15, -0.1) is 0 Å². The summed E-state index contributed by atoms with van der Waals surface area (Å²) in [6.45, 7) is 3.39. The topological polar surface area (TPSA) is 80.6 Å². The second-order valence-electron chi connectivity index (χ2n) is 5.57. The molecule has 1 aromatic heterocycles. The number of carbonyl (C=O) groups excluding carboxylic acids is 2. The first-order valence-corrected chi connectivity index (χ1v) is 7.86. The predicted octanol–water partition coefficient (Wildman–Crippen LogP) is 2.97. The number of furan rings is 1. The fourth-order valence-corrected chi connectivity index (χ4v) is 2.42. The number of benzene rings is 2. The molecule has 1 atom stereocenters. The molecule has 1 unspecified atom stereocenters. The molecule has 2 N–H and O–H groups in total. The minimum Gasteiger partial charge on any atom is -0.481 e. The summed E-state index contributed by atoms with van der Waals surface area (Å²) in [6, 6.07) is 16.3. The minimum atomic E-state index is -0.764. The number of hydrazine groups is 1. The smallest absolute Gasteiger partial charge is 0.305 e. The first-order chi connectivity index (χ1) is 12.1. The maximum absolute atomic E-state index is 12.3. The van der Waals surface area contributed by atoms with Crippen LogP contribution in [0.4, 0.5) is 0 Å². The number of aryl methyl sites for hydroxylation is 1. The highest BCUT2D eigenvalue weighted by Crippen LogP contribution is 2.24. The van der Waals surface area contributed by atoms with E-state index in [1.165, 1.54) is 0 Å². The second kappa shape index (κ2) is 7.09. The first-order valence-electron chi connectivity index (χ1n) is 7.86. The van der Waals surface area contributed by atoms with Crippen LogP contribution in [0.25, 0.3) is 11.0 Å². The Hall–Kier alpha value is -3.28. The molecule has 0 aliphatic heterocycles. The molecule has 0 saturated heterocycles. The van der Waals surface area contributed by atoms with E-state index in [0.29, 0.717) is 11.3 Å². The lowest BCUT2D eigenvalue weighted by molar-refractivity contribution is -0.128. The average molecular weight is 338 g/mol. The maximum Gasteiger partial charge on any atom is 0.305 e. The van der Waals surface area contributed by atoms with Crippen LogP contribution in [0.15, 0.2) is 59.0 Å². The Balaban J connectivity index is 1.61. The Morgan fingerprint density at radius 1 is 1.00 bits per heavy atom. The number of carbonyl (C=O) groups is 2. The summed E-state index contributed by atoms with van der Waals surface area (Å²) in [5.74, 6) is -0.248. The summed E-state index contributed by atoms with van der Waals surface area (Å²) in [5.41, 5.74) is 6.04. The fraction of sp³-hybridized carbons (Fsp3) is 0.158. The van der Waals surface area contributed by atoms with Crippen molar-refractivity contribution in [1.29, 1.82) is 0 Å². The van der Waals surface area contributed by atoms with E-state index in [4.69, 9.17) is 9.15 Å². The molecule has 6 heteroatoms. The number of fused-ring (bicyclic) bond motifs is 1. The minimum absolute atomic E-state index is 0.165. The van der Waals surface area contributed by atoms with E-state index in [1.807, 2.05) is 36.4 Å². The zero-order valence-electron chi connectivity index (χ0n) is 13.9. The van der Waals surface area contributed by atoms with E-state index in [-0.39, 0.29) is 5.76 Å². The molecule has 25 heavy (non-hydrogen) atoms. The van der Waals surface area contributed by atoms with Crippen LogP contribution in [-0.4, -0.2) is 17.9 Å². The van der Waals surface area contributed by atoms with Crippen LogP contribution in [0.2, 0.25) is 0 Å². The monoisotopic (exact) mass is 338 g/mol. The van der Waals surface area contributed by atoms with Gasteiger partial charge < -0.3 is 9.15 Å². The van der Waals surface area contributed by atoms with Crippen LogP contribution in [-0.2, 0) is 4.79 Å². The van der Waals surface area contributed by atoms with E-state index in [0.717, 1.165) is 10.9 Å². The van der Waals surface area contributed by atoms with Gasteiger partial charge >= 0.3 is 5.91 Å². The molecule has 0 spiro atoms. The van der Waals surface area contributed by atoms with Crippen molar-refractivity contribution >= 4 is 22.8 Å². The molecule has 0 saturated carbocycles. The molecular weight excluding hydrogens is 320 g/mol. The molecule has 0 bridgehead atoms. The molecule has 128 valence electrons. The molecule has 0 aliphatic rings. The van der Waals surface area contributed by atoms with Crippen LogP contribution in [0.5, 0.6) is 5.75 Å². The molecule has 1 heterocycles. The number of hydrogen-bond donors (Lipinski definition) is 2. The zero-order chi connectivity index (χ0) is 17.8. The van der Waals surface area contributed by atoms with Crippen LogP contribution < -0.4 is 15.6 Å². The van der Waals surface area contributed by atoms with Crippen LogP contribution >= 0.6 is 0 Å². The largest absolute Gasteiger partial charge is 0.481 e. The third kappa shape index (κ3) is 3.63. The van der Waals surface area contributed by atoms with E-state index in [2.05, 4.69) is 10.9 Å². The highest BCUT2D eigenvalue weighted by molar-refractivity contribution is 5.99.